The summed E-state index contributed by atoms with van der Waals surface area (Å²) >= 11 is 0. The van der Waals surface area contributed by atoms with Gasteiger partial charge in [-0.2, -0.15) is 10.5 Å². The lowest BCUT2D eigenvalue weighted by atomic mass is 9.96. The van der Waals surface area contributed by atoms with Crippen molar-refractivity contribution in [1.29, 1.82) is 10.5 Å². The van der Waals surface area contributed by atoms with Crippen LogP contribution in [0.3, 0.4) is 0 Å². The van der Waals surface area contributed by atoms with Gasteiger partial charge in [-0.1, -0.05) is 24.3 Å². The van der Waals surface area contributed by atoms with Crippen molar-refractivity contribution in [2.75, 3.05) is 26.1 Å². The third-order valence-corrected chi connectivity index (χ3v) is 4.27. The number of aromatic amines is 1. The molecule has 8 heteroatoms. The van der Waals surface area contributed by atoms with Crippen LogP contribution in [-0.2, 0) is 0 Å². The fourth-order valence-electron chi connectivity index (χ4n) is 2.90. The van der Waals surface area contributed by atoms with Gasteiger partial charge in [0, 0.05) is 5.56 Å². The minimum Gasteiger partial charge on any atom is -0.493 e. The Kier molecular flexibility index (Phi) is 6.21. The predicted molar refractivity (Wildman–Crippen MR) is 110 cm³/mol. The number of benzene rings is 2. The lowest BCUT2D eigenvalue weighted by Gasteiger charge is -2.14. The number of aromatic nitrogens is 1. The van der Waals surface area contributed by atoms with Crippen molar-refractivity contribution in [2.45, 2.75) is 0 Å². The molecule has 150 valence electrons. The second kappa shape index (κ2) is 9.18. The summed E-state index contributed by atoms with van der Waals surface area (Å²) in [5, 5.41) is 18.9. The van der Waals surface area contributed by atoms with Gasteiger partial charge in [-0.15, -0.1) is 0 Å². The monoisotopic (exact) mass is 402 g/mol. The van der Waals surface area contributed by atoms with E-state index in [0.29, 0.717) is 23.7 Å². The molecule has 3 N–H and O–H groups in total. The third kappa shape index (κ3) is 4.18. The summed E-state index contributed by atoms with van der Waals surface area (Å²) in [6, 6.07) is 18.0. The highest BCUT2D eigenvalue weighted by molar-refractivity contribution is 5.81. The van der Waals surface area contributed by atoms with Gasteiger partial charge in [0.05, 0.1) is 7.11 Å². The summed E-state index contributed by atoms with van der Waals surface area (Å²) in [4.78, 5) is 14.4. The van der Waals surface area contributed by atoms with E-state index in [2.05, 4.69) is 4.98 Å². The maximum atomic E-state index is 12.1. The zero-order chi connectivity index (χ0) is 21.5. The van der Waals surface area contributed by atoms with Gasteiger partial charge in [0.1, 0.15) is 48.0 Å². The van der Waals surface area contributed by atoms with Crippen LogP contribution in [0.5, 0.6) is 17.2 Å². The number of nitrogens with two attached hydrogens (primary N) is 1. The normalized spacial score (nSPS) is 9.97. The Morgan fingerprint density at radius 1 is 0.967 bits per heavy atom. The molecule has 1 heterocycles. The average Bonchev–Trinajstić information content (AvgIpc) is 2.77. The number of nitrogens with one attached hydrogen (secondary N) is 1. The Morgan fingerprint density at radius 3 is 2.33 bits per heavy atom. The number of nitriles is 2. The molecule has 0 aliphatic carbocycles. The van der Waals surface area contributed by atoms with Crippen LogP contribution in [0.2, 0.25) is 0 Å². The topological polar surface area (TPSA) is 134 Å². The van der Waals surface area contributed by atoms with E-state index in [4.69, 9.17) is 19.9 Å². The number of ether oxygens (including phenoxy) is 3. The van der Waals surface area contributed by atoms with Crippen LogP contribution >= 0.6 is 0 Å². The molecule has 0 fully saturated rings. The van der Waals surface area contributed by atoms with Crippen molar-refractivity contribution in [3.05, 3.63) is 70.0 Å². The van der Waals surface area contributed by atoms with E-state index in [-0.39, 0.29) is 29.1 Å². The number of nitrogen functional groups attached to an aromatic ring is 1. The first kappa shape index (κ1) is 20.3. The Morgan fingerprint density at radius 2 is 1.67 bits per heavy atom. The Bertz CT molecular complexity index is 1190. The van der Waals surface area contributed by atoms with E-state index < -0.39 is 5.56 Å². The molecular weight excluding hydrogens is 384 g/mol. The number of pyridine rings is 1. The van der Waals surface area contributed by atoms with Gasteiger partial charge in [-0.25, -0.2) is 0 Å². The summed E-state index contributed by atoms with van der Waals surface area (Å²) < 4.78 is 16.7. The summed E-state index contributed by atoms with van der Waals surface area (Å²) in [7, 11) is 1.47. The van der Waals surface area contributed by atoms with Gasteiger partial charge >= 0.3 is 0 Å². The number of methoxy groups -OCH3 is 1. The van der Waals surface area contributed by atoms with Crippen LogP contribution in [0, 0.1) is 22.7 Å². The fraction of sp³-hybridized carbons (Fsp3) is 0.136. The van der Waals surface area contributed by atoms with Crippen molar-refractivity contribution in [3.8, 4) is 40.5 Å². The van der Waals surface area contributed by atoms with Gasteiger partial charge in [0.15, 0.2) is 11.5 Å². The number of anilines is 1. The maximum absolute atomic E-state index is 12.1. The minimum absolute atomic E-state index is 0.0122. The molecule has 2 aromatic carbocycles. The zero-order valence-corrected chi connectivity index (χ0v) is 16.1. The molecule has 3 rings (SSSR count). The van der Waals surface area contributed by atoms with E-state index in [9.17, 15) is 15.3 Å². The lowest BCUT2D eigenvalue weighted by Crippen LogP contribution is -2.16. The third-order valence-electron chi connectivity index (χ3n) is 4.27. The van der Waals surface area contributed by atoms with Crippen molar-refractivity contribution < 1.29 is 14.2 Å². The number of rotatable bonds is 7. The van der Waals surface area contributed by atoms with Crippen LogP contribution < -0.4 is 25.5 Å². The highest BCUT2D eigenvalue weighted by Gasteiger charge is 2.19. The second-order valence-corrected chi connectivity index (χ2v) is 6.09. The van der Waals surface area contributed by atoms with E-state index in [1.807, 2.05) is 42.5 Å². The first-order valence-corrected chi connectivity index (χ1v) is 8.94. The predicted octanol–water partition coefficient (Wildman–Crippen LogP) is 2.83. The number of para-hydroxylation sites is 1. The number of hydrogen-bond donors (Lipinski definition) is 2. The Hall–Kier alpha value is -4.43. The number of hydrogen-bond acceptors (Lipinski definition) is 7. The van der Waals surface area contributed by atoms with Gasteiger partial charge in [-0.05, 0) is 29.8 Å². The van der Waals surface area contributed by atoms with E-state index in [0.717, 1.165) is 5.75 Å². The van der Waals surface area contributed by atoms with Gasteiger partial charge < -0.3 is 24.9 Å². The Balaban J connectivity index is 1.86. The summed E-state index contributed by atoms with van der Waals surface area (Å²) in [5.41, 5.74) is 5.50. The minimum atomic E-state index is -0.665. The van der Waals surface area contributed by atoms with E-state index in [1.165, 1.54) is 7.11 Å². The highest BCUT2D eigenvalue weighted by atomic mass is 16.5. The zero-order valence-electron chi connectivity index (χ0n) is 16.1. The average molecular weight is 402 g/mol. The smallest absolute Gasteiger partial charge is 0.268 e. The molecule has 0 atom stereocenters. The van der Waals surface area contributed by atoms with E-state index in [1.54, 1.807) is 18.2 Å². The quantitative estimate of drug-likeness (QED) is 0.580. The van der Waals surface area contributed by atoms with Crippen molar-refractivity contribution in [3.63, 3.8) is 0 Å². The molecule has 0 aliphatic heterocycles. The van der Waals surface area contributed by atoms with Gasteiger partial charge in [0.2, 0.25) is 0 Å². The summed E-state index contributed by atoms with van der Waals surface area (Å²) in [6.45, 7) is 0.603. The fourth-order valence-corrected chi connectivity index (χ4v) is 2.90. The van der Waals surface area contributed by atoms with Gasteiger partial charge in [0.25, 0.3) is 5.56 Å². The molecule has 0 unspecified atom stereocenters. The SMILES string of the molecule is COc1cc(-c2c(C#N)c(N)[nH]c(=O)c2C#N)ccc1OCCOc1ccccc1. The van der Waals surface area contributed by atoms with Crippen molar-refractivity contribution >= 4 is 5.82 Å². The van der Waals surface area contributed by atoms with Crippen LogP contribution in [0.1, 0.15) is 11.1 Å². The Labute approximate surface area is 172 Å². The lowest BCUT2D eigenvalue weighted by molar-refractivity contribution is 0.211. The first-order chi connectivity index (χ1) is 14.6. The van der Waals surface area contributed by atoms with Crippen molar-refractivity contribution in [1.82, 2.24) is 4.98 Å². The molecule has 8 nitrogen and oxygen atoms in total. The molecule has 0 bridgehead atoms. The maximum Gasteiger partial charge on any atom is 0.268 e. The number of nitrogens with zero attached hydrogens (tertiary/aromatic N) is 2. The largest absolute Gasteiger partial charge is 0.493 e. The summed E-state index contributed by atoms with van der Waals surface area (Å²) in [5.74, 6) is 1.46. The van der Waals surface area contributed by atoms with E-state index >= 15 is 0 Å². The molecule has 1 aromatic heterocycles. The van der Waals surface area contributed by atoms with Gasteiger partial charge in [-0.3, -0.25) is 4.79 Å². The molecular formula is C22H18N4O4. The molecule has 3 aromatic rings. The van der Waals surface area contributed by atoms with Crippen LogP contribution in [0.25, 0.3) is 11.1 Å². The summed E-state index contributed by atoms with van der Waals surface area (Å²) in [6.07, 6.45) is 0. The van der Waals surface area contributed by atoms with Crippen LogP contribution in [-0.4, -0.2) is 25.3 Å². The van der Waals surface area contributed by atoms with Crippen molar-refractivity contribution in [2.24, 2.45) is 0 Å². The molecule has 0 saturated carbocycles. The highest BCUT2D eigenvalue weighted by Crippen LogP contribution is 2.35. The second-order valence-electron chi connectivity index (χ2n) is 6.09. The standard InChI is InChI=1S/C22H18N4O4/c1-28-19-11-14(20-16(12-23)21(25)26-22(27)17(20)13-24)7-8-18(19)30-10-9-29-15-5-3-2-4-6-15/h2-8,11H,9-10H2,1H3,(H3,25,26,27). The molecule has 30 heavy (non-hydrogen) atoms. The molecule has 0 spiro atoms. The molecule has 0 aliphatic rings. The van der Waals surface area contributed by atoms with Crippen LogP contribution in [0.15, 0.2) is 53.3 Å². The molecule has 0 amide bonds. The molecule has 0 radical (unpaired) electrons. The first-order valence-electron chi connectivity index (χ1n) is 8.94. The number of H-pyrrole nitrogens is 1. The molecule has 0 saturated heterocycles. The van der Waals surface area contributed by atoms with Crippen LogP contribution in [0.4, 0.5) is 5.82 Å².